The van der Waals surface area contributed by atoms with Gasteiger partial charge in [0.25, 0.3) is 5.56 Å². The van der Waals surface area contributed by atoms with Crippen LogP contribution in [0.4, 0.5) is 0 Å². The monoisotopic (exact) mass is 170 g/mol. The number of aliphatic hydroxyl groups is 1. The highest BCUT2D eigenvalue weighted by atomic mass is 16.3. The van der Waals surface area contributed by atoms with Crippen LogP contribution in [0.3, 0.4) is 0 Å². The van der Waals surface area contributed by atoms with Crippen LogP contribution >= 0.6 is 0 Å². The molecule has 0 fully saturated rings. The van der Waals surface area contributed by atoms with Crippen molar-refractivity contribution in [3.05, 3.63) is 33.1 Å². The lowest BCUT2D eigenvalue weighted by atomic mass is 10.6. The Kier molecular flexibility index (Phi) is 2.44. The van der Waals surface area contributed by atoms with Gasteiger partial charge >= 0.3 is 5.69 Å². The molecule has 0 saturated heterocycles. The first-order chi connectivity index (χ1) is 5.66. The third-order valence-corrected chi connectivity index (χ3v) is 1.60. The zero-order valence-electron chi connectivity index (χ0n) is 6.73. The maximum atomic E-state index is 11.2. The van der Waals surface area contributed by atoms with E-state index in [1.165, 1.54) is 23.9 Å². The van der Waals surface area contributed by atoms with Crippen LogP contribution in [-0.4, -0.2) is 20.8 Å². The van der Waals surface area contributed by atoms with E-state index in [0.717, 1.165) is 4.57 Å². The van der Waals surface area contributed by atoms with E-state index in [4.69, 9.17) is 5.11 Å². The van der Waals surface area contributed by atoms with Crippen LogP contribution in [-0.2, 0) is 13.6 Å². The Morgan fingerprint density at radius 2 is 2.17 bits per heavy atom. The zero-order chi connectivity index (χ0) is 9.14. The van der Waals surface area contributed by atoms with Gasteiger partial charge in [-0.15, -0.1) is 0 Å². The van der Waals surface area contributed by atoms with E-state index in [1.54, 1.807) is 0 Å². The normalized spacial score (nSPS) is 10.2. The van der Waals surface area contributed by atoms with Gasteiger partial charge in [0.1, 0.15) is 0 Å². The average Bonchev–Trinajstić information content (AvgIpc) is 2.07. The summed E-state index contributed by atoms with van der Waals surface area (Å²) in [5.41, 5.74) is -0.745. The molecule has 0 saturated carbocycles. The minimum atomic E-state index is -0.406. The lowest BCUT2D eigenvalue weighted by Crippen LogP contribution is -2.37. The Morgan fingerprint density at radius 3 is 2.75 bits per heavy atom. The molecule has 1 heterocycles. The van der Waals surface area contributed by atoms with Crippen LogP contribution in [0.15, 0.2) is 21.9 Å². The summed E-state index contributed by atoms with van der Waals surface area (Å²) in [6.45, 7) is 0.102. The Morgan fingerprint density at radius 1 is 1.50 bits per heavy atom. The van der Waals surface area contributed by atoms with Crippen LogP contribution in [0.5, 0.6) is 0 Å². The average molecular weight is 170 g/mol. The summed E-state index contributed by atoms with van der Waals surface area (Å²) >= 11 is 0. The fourth-order valence-corrected chi connectivity index (χ4v) is 0.894. The molecule has 0 bridgehead atoms. The van der Waals surface area contributed by atoms with Crippen molar-refractivity contribution < 1.29 is 5.11 Å². The second kappa shape index (κ2) is 3.36. The molecule has 0 aliphatic rings. The Labute approximate surface area is 68.5 Å². The van der Waals surface area contributed by atoms with E-state index in [-0.39, 0.29) is 18.7 Å². The first kappa shape index (κ1) is 8.73. The summed E-state index contributed by atoms with van der Waals surface area (Å²) in [4.78, 5) is 22.1. The summed E-state index contributed by atoms with van der Waals surface area (Å²) in [6.07, 6.45) is 1.38. The fourth-order valence-electron chi connectivity index (χ4n) is 0.894. The van der Waals surface area contributed by atoms with Gasteiger partial charge in [0.15, 0.2) is 0 Å². The highest BCUT2D eigenvalue weighted by Gasteiger charge is 1.98. The van der Waals surface area contributed by atoms with Gasteiger partial charge in [0, 0.05) is 19.3 Å². The predicted octanol–water partition coefficient (Wildman–Crippen LogP) is -1.46. The van der Waals surface area contributed by atoms with Crippen molar-refractivity contribution in [1.29, 1.82) is 0 Å². The second-order valence-electron chi connectivity index (χ2n) is 2.41. The van der Waals surface area contributed by atoms with E-state index in [0.29, 0.717) is 0 Å². The quantitative estimate of drug-likeness (QED) is 0.590. The number of hydrogen-bond donors (Lipinski definition) is 1. The van der Waals surface area contributed by atoms with Gasteiger partial charge in [-0.05, 0) is 0 Å². The Balaban J connectivity index is 3.27. The molecule has 0 radical (unpaired) electrons. The van der Waals surface area contributed by atoms with E-state index in [1.807, 2.05) is 0 Å². The maximum absolute atomic E-state index is 11.2. The maximum Gasteiger partial charge on any atom is 0.330 e. The molecule has 0 aliphatic carbocycles. The Hall–Kier alpha value is -1.36. The predicted molar refractivity (Wildman–Crippen MR) is 43.0 cm³/mol. The number of aromatic nitrogens is 2. The van der Waals surface area contributed by atoms with Gasteiger partial charge in [-0.2, -0.15) is 0 Å². The summed E-state index contributed by atoms with van der Waals surface area (Å²) in [7, 11) is 1.40. The van der Waals surface area contributed by atoms with Crippen molar-refractivity contribution in [2.75, 3.05) is 6.61 Å². The standard InChI is InChI=1S/C7H10N2O3/c1-8-6(11)2-3-9(4-5-10)7(8)12/h2-3,10H,4-5H2,1H3. The Bertz CT molecular complexity index is 377. The third kappa shape index (κ3) is 1.45. The molecule has 0 amide bonds. The van der Waals surface area contributed by atoms with Crippen LogP contribution in [0.1, 0.15) is 0 Å². The highest BCUT2D eigenvalue weighted by Crippen LogP contribution is 1.75. The van der Waals surface area contributed by atoms with Crippen LogP contribution in [0, 0.1) is 0 Å². The lowest BCUT2D eigenvalue weighted by molar-refractivity contribution is 0.272. The molecule has 12 heavy (non-hydrogen) atoms. The van der Waals surface area contributed by atoms with E-state index >= 15 is 0 Å². The van der Waals surface area contributed by atoms with Crippen molar-refractivity contribution in [2.45, 2.75) is 6.54 Å². The fraction of sp³-hybridized carbons (Fsp3) is 0.429. The van der Waals surface area contributed by atoms with E-state index in [2.05, 4.69) is 0 Å². The van der Waals surface area contributed by atoms with Crippen molar-refractivity contribution in [2.24, 2.45) is 7.05 Å². The lowest BCUT2D eigenvalue weighted by Gasteiger charge is -2.03. The molecular weight excluding hydrogens is 160 g/mol. The van der Waals surface area contributed by atoms with Crippen molar-refractivity contribution in [1.82, 2.24) is 9.13 Å². The smallest absolute Gasteiger partial charge is 0.330 e. The van der Waals surface area contributed by atoms with E-state index < -0.39 is 5.69 Å². The van der Waals surface area contributed by atoms with Crippen LogP contribution in [0.25, 0.3) is 0 Å². The molecule has 0 spiro atoms. The van der Waals surface area contributed by atoms with Crippen LogP contribution < -0.4 is 11.2 Å². The molecule has 5 nitrogen and oxygen atoms in total. The van der Waals surface area contributed by atoms with Crippen molar-refractivity contribution >= 4 is 0 Å². The summed E-state index contributed by atoms with van der Waals surface area (Å²) in [5.74, 6) is 0. The molecule has 1 aromatic rings. The zero-order valence-corrected chi connectivity index (χ0v) is 6.73. The largest absolute Gasteiger partial charge is 0.395 e. The molecule has 66 valence electrons. The van der Waals surface area contributed by atoms with E-state index in [9.17, 15) is 9.59 Å². The van der Waals surface area contributed by atoms with Gasteiger partial charge in [-0.1, -0.05) is 0 Å². The van der Waals surface area contributed by atoms with Crippen LogP contribution in [0.2, 0.25) is 0 Å². The summed E-state index contributed by atoms with van der Waals surface area (Å²) < 4.78 is 2.27. The third-order valence-electron chi connectivity index (χ3n) is 1.60. The first-order valence-electron chi connectivity index (χ1n) is 3.54. The summed E-state index contributed by atoms with van der Waals surface area (Å²) in [5, 5.41) is 8.56. The number of rotatable bonds is 2. The van der Waals surface area contributed by atoms with Gasteiger partial charge in [0.2, 0.25) is 0 Å². The SMILES string of the molecule is Cn1c(=O)ccn(CCO)c1=O. The van der Waals surface area contributed by atoms with Gasteiger partial charge in [-0.3, -0.25) is 13.9 Å². The molecule has 1 aromatic heterocycles. The molecule has 0 atom stereocenters. The molecule has 0 aliphatic heterocycles. The number of nitrogens with zero attached hydrogens (tertiary/aromatic N) is 2. The topological polar surface area (TPSA) is 64.2 Å². The molecule has 5 heteroatoms. The van der Waals surface area contributed by atoms with Gasteiger partial charge < -0.3 is 5.11 Å². The molecule has 0 aromatic carbocycles. The minimum absolute atomic E-state index is 0.113. The minimum Gasteiger partial charge on any atom is -0.395 e. The van der Waals surface area contributed by atoms with Crippen molar-refractivity contribution in [3.63, 3.8) is 0 Å². The molecule has 0 unspecified atom stereocenters. The molecule has 1 rings (SSSR count). The second-order valence-corrected chi connectivity index (χ2v) is 2.41. The molecule has 1 N–H and O–H groups in total. The summed E-state index contributed by atoms with van der Waals surface area (Å²) in [6, 6.07) is 1.29. The van der Waals surface area contributed by atoms with Crippen molar-refractivity contribution in [3.8, 4) is 0 Å². The number of hydrogen-bond acceptors (Lipinski definition) is 3. The molecular formula is C7H10N2O3. The van der Waals surface area contributed by atoms with Gasteiger partial charge in [-0.25, -0.2) is 4.79 Å². The highest BCUT2D eigenvalue weighted by molar-refractivity contribution is 4.84. The van der Waals surface area contributed by atoms with Gasteiger partial charge in [0.05, 0.1) is 13.2 Å². The first-order valence-corrected chi connectivity index (χ1v) is 3.54. The number of aliphatic hydroxyl groups excluding tert-OH is 1.